The molecular formula is C45H59N7O3S. The van der Waals surface area contributed by atoms with Crippen molar-refractivity contribution in [3.05, 3.63) is 101 Å². The number of likely N-dealkylation sites (tertiary alicyclic amines) is 1. The third kappa shape index (κ3) is 7.71. The molecule has 4 aromatic rings. The molecule has 0 bridgehead atoms. The molecule has 2 aromatic heterocycles. The normalized spacial score (nSPS) is 20.4. The van der Waals surface area contributed by atoms with Gasteiger partial charge in [0.15, 0.2) is 5.65 Å². The van der Waals surface area contributed by atoms with Crippen LogP contribution < -0.4 is 4.90 Å². The first-order valence-electron chi connectivity index (χ1n) is 20.1. The van der Waals surface area contributed by atoms with Crippen LogP contribution in [0.4, 0.5) is 5.69 Å². The van der Waals surface area contributed by atoms with Gasteiger partial charge in [-0.05, 0) is 151 Å². The quantitative estimate of drug-likeness (QED) is 0.180. The number of carbonyl (C=O) groups excluding carboxylic acids is 1. The van der Waals surface area contributed by atoms with Crippen molar-refractivity contribution in [3.63, 3.8) is 0 Å². The van der Waals surface area contributed by atoms with Gasteiger partial charge in [0.1, 0.15) is 4.75 Å². The molecule has 2 aliphatic heterocycles. The highest BCUT2D eigenvalue weighted by molar-refractivity contribution is 7.91. The van der Waals surface area contributed by atoms with E-state index in [1.807, 2.05) is 75.4 Å². The summed E-state index contributed by atoms with van der Waals surface area (Å²) in [7, 11) is 4.01. The maximum Gasteiger partial charge on any atom is 0.253 e. The first kappa shape index (κ1) is 39.9. The van der Waals surface area contributed by atoms with Crippen LogP contribution in [0.5, 0.6) is 0 Å². The van der Waals surface area contributed by atoms with E-state index >= 15 is 0 Å². The lowest BCUT2D eigenvalue weighted by molar-refractivity contribution is 0.0786. The van der Waals surface area contributed by atoms with Crippen LogP contribution in [0.25, 0.3) is 27.7 Å². The Labute approximate surface area is 334 Å². The lowest BCUT2D eigenvalue weighted by Crippen LogP contribution is -2.53. The van der Waals surface area contributed by atoms with Crippen molar-refractivity contribution in [3.8, 4) is 11.1 Å². The van der Waals surface area contributed by atoms with Gasteiger partial charge in [0.2, 0.25) is 10.0 Å². The minimum absolute atomic E-state index is 0.0533. The van der Waals surface area contributed by atoms with Crippen LogP contribution in [0.1, 0.15) is 60.2 Å². The molecule has 3 aliphatic rings. The number of piperazine rings is 1. The molecule has 2 saturated heterocycles. The zero-order valence-corrected chi connectivity index (χ0v) is 35.4. The van der Waals surface area contributed by atoms with E-state index in [1.54, 1.807) is 17.3 Å². The molecule has 10 nitrogen and oxygen atoms in total. The van der Waals surface area contributed by atoms with Gasteiger partial charge in [-0.3, -0.25) is 9.69 Å². The van der Waals surface area contributed by atoms with Gasteiger partial charge < -0.3 is 19.6 Å². The average Bonchev–Trinajstić information content (AvgIpc) is 3.58. The monoisotopic (exact) mass is 777 g/mol. The molecule has 56 heavy (non-hydrogen) atoms. The van der Waals surface area contributed by atoms with E-state index in [-0.39, 0.29) is 5.91 Å². The molecule has 0 N–H and O–H groups in total. The number of aryl methyl sites for hydroxylation is 2. The van der Waals surface area contributed by atoms with Crippen LogP contribution >= 0.6 is 0 Å². The van der Waals surface area contributed by atoms with E-state index in [0.717, 1.165) is 65.9 Å². The van der Waals surface area contributed by atoms with Gasteiger partial charge in [-0.1, -0.05) is 24.3 Å². The zero-order valence-electron chi connectivity index (χ0n) is 34.5. The first-order valence-corrected chi connectivity index (χ1v) is 21.5. The molecule has 4 heterocycles. The number of hydrogen-bond donors (Lipinski definition) is 0. The van der Waals surface area contributed by atoms with Crippen molar-refractivity contribution in [2.24, 2.45) is 0 Å². The minimum Gasteiger partial charge on any atom is -0.369 e. The third-order valence-electron chi connectivity index (χ3n) is 12.4. The number of carbonyl (C=O) groups is 1. The van der Waals surface area contributed by atoms with E-state index in [9.17, 15) is 13.2 Å². The van der Waals surface area contributed by atoms with Crippen molar-refractivity contribution in [2.45, 2.75) is 57.7 Å². The third-order valence-corrected chi connectivity index (χ3v) is 14.6. The zero-order chi connectivity index (χ0) is 39.9. The second-order valence-corrected chi connectivity index (χ2v) is 19.1. The van der Waals surface area contributed by atoms with E-state index in [1.165, 1.54) is 46.7 Å². The van der Waals surface area contributed by atoms with Gasteiger partial charge in [-0.15, -0.1) is 0 Å². The topological polar surface area (TPSA) is 85.2 Å². The average molecular weight is 778 g/mol. The Morgan fingerprint density at radius 1 is 0.893 bits per heavy atom. The van der Waals surface area contributed by atoms with Crippen LogP contribution in [-0.2, 0) is 10.0 Å². The number of allylic oxidation sites excluding steroid dienone is 3. The van der Waals surface area contributed by atoms with E-state index in [4.69, 9.17) is 0 Å². The molecule has 0 radical (unpaired) electrons. The molecule has 2 aromatic carbocycles. The summed E-state index contributed by atoms with van der Waals surface area (Å²) < 4.78 is 30.0. The molecule has 0 saturated carbocycles. The summed E-state index contributed by atoms with van der Waals surface area (Å²) in [6.45, 7) is 16.3. The first-order chi connectivity index (χ1) is 26.7. The summed E-state index contributed by atoms with van der Waals surface area (Å²) in [5, 5.41) is 0.739. The lowest BCUT2D eigenvalue weighted by Gasteiger charge is -2.43. The summed E-state index contributed by atoms with van der Waals surface area (Å²) in [5.41, 5.74) is 9.36. The largest absolute Gasteiger partial charge is 0.369 e. The molecule has 1 aliphatic carbocycles. The molecule has 1 amide bonds. The maximum atomic E-state index is 14.9. The Bertz CT molecular complexity index is 2240. The number of rotatable bonds is 10. The number of fused-ring (bicyclic) bond motifs is 1. The summed E-state index contributed by atoms with van der Waals surface area (Å²) in [4.78, 5) is 29.2. The van der Waals surface area contributed by atoms with Crippen molar-refractivity contribution < 1.29 is 13.2 Å². The Hall–Kier alpha value is -4.29. The second-order valence-electron chi connectivity index (χ2n) is 16.8. The van der Waals surface area contributed by atoms with E-state index in [0.29, 0.717) is 30.2 Å². The highest BCUT2D eigenvalue weighted by Crippen LogP contribution is 2.42. The summed E-state index contributed by atoms with van der Waals surface area (Å²) in [6, 6.07) is 16.3. The molecular weight excluding hydrogens is 719 g/mol. The molecule has 7 rings (SSSR count). The fraction of sp³-hybridized carbons (Fsp3) is 0.467. The number of nitrogens with zero attached hydrogens (tertiary/aromatic N) is 7. The van der Waals surface area contributed by atoms with Gasteiger partial charge in [0, 0.05) is 87.0 Å². The van der Waals surface area contributed by atoms with Crippen LogP contribution in [0.2, 0.25) is 0 Å². The molecule has 0 spiro atoms. The fourth-order valence-corrected chi connectivity index (χ4v) is 10.5. The highest BCUT2D eigenvalue weighted by atomic mass is 32.2. The highest BCUT2D eigenvalue weighted by Gasteiger charge is 2.42. The number of anilines is 1. The molecule has 1 atom stereocenters. The van der Waals surface area contributed by atoms with E-state index in [2.05, 4.69) is 65.7 Å². The molecule has 298 valence electrons. The molecule has 11 heteroatoms. The van der Waals surface area contributed by atoms with E-state index < -0.39 is 14.8 Å². The van der Waals surface area contributed by atoms with Crippen LogP contribution in [0, 0.1) is 13.8 Å². The van der Waals surface area contributed by atoms with Gasteiger partial charge in [-0.25, -0.2) is 17.4 Å². The second kappa shape index (κ2) is 15.9. The van der Waals surface area contributed by atoms with Gasteiger partial charge in [-0.2, -0.15) is 0 Å². The van der Waals surface area contributed by atoms with Gasteiger partial charge in [0.05, 0.1) is 0 Å². The Morgan fingerprint density at radius 3 is 2.20 bits per heavy atom. The lowest BCUT2D eigenvalue weighted by atomic mass is 9.86. The van der Waals surface area contributed by atoms with Crippen LogP contribution in [0.3, 0.4) is 0 Å². The van der Waals surface area contributed by atoms with Crippen molar-refractivity contribution in [2.75, 3.05) is 85.4 Å². The molecule has 2 fully saturated rings. The number of benzene rings is 2. The number of aromatic nitrogens is 2. The Kier molecular flexibility index (Phi) is 11.4. The predicted octanol–water partition coefficient (Wildman–Crippen LogP) is 6.54. The number of amides is 1. The Morgan fingerprint density at radius 2 is 1.55 bits per heavy atom. The summed E-state index contributed by atoms with van der Waals surface area (Å²) >= 11 is 0. The number of pyridine rings is 1. The number of piperidine rings is 1. The van der Waals surface area contributed by atoms with Crippen LogP contribution in [-0.4, -0.2) is 134 Å². The van der Waals surface area contributed by atoms with Crippen molar-refractivity contribution >= 4 is 38.2 Å². The minimum atomic E-state index is -4.00. The van der Waals surface area contributed by atoms with Gasteiger partial charge >= 0.3 is 0 Å². The van der Waals surface area contributed by atoms with Crippen molar-refractivity contribution in [1.82, 2.24) is 28.6 Å². The Balaban J connectivity index is 1.15. The van der Waals surface area contributed by atoms with Gasteiger partial charge in [0.25, 0.3) is 5.91 Å². The molecule has 1 unspecified atom stereocenters. The van der Waals surface area contributed by atoms with Crippen LogP contribution in [0.15, 0.2) is 78.6 Å². The standard InChI is InChI=1S/C45H59N7O3S/c1-32-15-18-45(4,30-40(32)37-28-33(2)42(34(3)29-37)51-26-24-50(25-27-51)38-16-20-48(7)21-17-38)56(54,55)52-31-41(39-10-9-19-46-43(39)52)35-11-13-36(14-12-35)44(53)49(8)23-22-47(5)6/h9-15,19,28-31,38H,16-18,20-27H2,1-8H3. The SMILES string of the molecule is CC1=CCC(C)(S(=O)(=O)n2cc(-c3ccc(C(=O)N(C)CCN(C)C)cc3)c3cccnc32)C=C1c1cc(C)c(N2CCN(C3CCN(C)CC3)CC2)c(C)c1. The number of hydrogen-bond acceptors (Lipinski definition) is 8. The van der Waals surface area contributed by atoms with Crippen molar-refractivity contribution in [1.29, 1.82) is 0 Å². The fourth-order valence-electron chi connectivity index (χ4n) is 8.85. The predicted molar refractivity (Wildman–Crippen MR) is 230 cm³/mol. The summed E-state index contributed by atoms with van der Waals surface area (Å²) in [6.07, 6.45) is 10.2. The maximum absolute atomic E-state index is 14.9. The smallest absolute Gasteiger partial charge is 0.253 e. The summed E-state index contributed by atoms with van der Waals surface area (Å²) in [5.74, 6) is -0.0533. The number of likely N-dealkylation sites (N-methyl/N-ethyl adjacent to an activating group) is 2.